The van der Waals surface area contributed by atoms with Crippen LogP contribution in [0.1, 0.15) is 61.6 Å². The molecule has 1 saturated carbocycles. The number of amidine groups is 1. The number of thiocarbonyl (C=S) groups is 1. The normalized spacial score (nSPS) is 24.4. The first-order chi connectivity index (χ1) is 15.9. The molecular weight excluding hydrogens is 446 g/mol. The molecule has 5 heteroatoms. The van der Waals surface area contributed by atoms with Gasteiger partial charge in [0.1, 0.15) is 5.84 Å². The Labute approximate surface area is 208 Å². The van der Waals surface area contributed by atoms with Crippen molar-refractivity contribution >= 4 is 46.0 Å². The molecule has 0 radical (unpaired) electrons. The average molecular weight is 480 g/mol. The van der Waals surface area contributed by atoms with Crippen molar-refractivity contribution in [3.8, 4) is 0 Å². The van der Waals surface area contributed by atoms with Gasteiger partial charge in [-0.25, -0.2) is 4.99 Å². The highest BCUT2D eigenvalue weighted by Gasteiger charge is 2.58. The molecule has 2 saturated heterocycles. The highest BCUT2D eigenvalue weighted by Crippen LogP contribution is 2.51. The van der Waals surface area contributed by atoms with Crippen molar-refractivity contribution in [3.63, 3.8) is 0 Å². The first-order valence-electron chi connectivity index (χ1n) is 12.4. The molecule has 0 aromatic heterocycles. The van der Waals surface area contributed by atoms with Gasteiger partial charge >= 0.3 is 0 Å². The van der Waals surface area contributed by atoms with Gasteiger partial charge in [-0.3, -0.25) is 9.80 Å². The van der Waals surface area contributed by atoms with E-state index in [9.17, 15) is 0 Å². The molecule has 0 amide bonds. The Balaban J connectivity index is 1.75. The fourth-order valence-corrected chi connectivity index (χ4v) is 7.16. The van der Waals surface area contributed by atoms with Gasteiger partial charge in [-0.2, -0.15) is 0 Å². The maximum Gasteiger partial charge on any atom is 0.133 e. The first-order valence-corrected chi connectivity index (χ1v) is 13.2. The van der Waals surface area contributed by atoms with Gasteiger partial charge in [-0.05, 0) is 82.8 Å². The third-order valence-electron chi connectivity index (χ3n) is 7.83. The van der Waals surface area contributed by atoms with Crippen LogP contribution >= 0.6 is 23.8 Å². The fourth-order valence-electron chi connectivity index (χ4n) is 6.44. The number of para-hydroxylation sites is 1. The molecule has 1 aliphatic carbocycles. The number of likely N-dealkylation sites (tertiary alicyclic amines) is 1. The predicted octanol–water partition coefficient (Wildman–Crippen LogP) is 7.56. The molecule has 5 rings (SSSR count). The van der Waals surface area contributed by atoms with Crippen LogP contribution in [0.2, 0.25) is 5.02 Å². The molecule has 2 aromatic rings. The molecular formula is C28H34ClN3S. The van der Waals surface area contributed by atoms with Gasteiger partial charge in [0.15, 0.2) is 0 Å². The first kappa shape index (κ1) is 23.0. The van der Waals surface area contributed by atoms with Gasteiger partial charge in [-0.15, -0.1) is 0 Å². The van der Waals surface area contributed by atoms with Crippen molar-refractivity contribution < 1.29 is 0 Å². The summed E-state index contributed by atoms with van der Waals surface area (Å²) in [4.78, 5) is 11.4. The summed E-state index contributed by atoms with van der Waals surface area (Å²) in [5, 5.41) is 0.734. The topological polar surface area (TPSA) is 18.8 Å². The Bertz CT molecular complexity index is 1070. The second-order valence-corrected chi connectivity index (χ2v) is 11.0. The Morgan fingerprint density at radius 3 is 2.21 bits per heavy atom. The molecule has 1 spiro atoms. The van der Waals surface area contributed by atoms with Crippen LogP contribution in [0, 0.1) is 26.2 Å². The number of hydrogen-bond acceptors (Lipinski definition) is 3. The largest absolute Gasteiger partial charge is 0.293 e. The molecule has 2 aromatic carbocycles. The van der Waals surface area contributed by atoms with E-state index in [1.165, 1.54) is 48.8 Å². The number of halogens is 1. The predicted molar refractivity (Wildman–Crippen MR) is 144 cm³/mol. The number of aliphatic imine (C=N–C) groups is 1. The van der Waals surface area contributed by atoms with Crippen molar-refractivity contribution in [3.05, 3.63) is 58.1 Å². The molecule has 1 atom stereocenters. The molecule has 3 aliphatic rings. The lowest BCUT2D eigenvalue weighted by Crippen LogP contribution is -2.49. The molecule has 3 nitrogen and oxygen atoms in total. The summed E-state index contributed by atoms with van der Waals surface area (Å²) in [5.74, 6) is 1.08. The lowest BCUT2D eigenvalue weighted by atomic mass is 9.70. The summed E-state index contributed by atoms with van der Waals surface area (Å²) in [6, 6.07) is 12.8. The second-order valence-electron chi connectivity index (χ2n) is 10.2. The van der Waals surface area contributed by atoms with Crippen LogP contribution in [0.15, 0.2) is 41.4 Å². The van der Waals surface area contributed by atoms with Crippen LogP contribution in [-0.4, -0.2) is 34.9 Å². The highest BCUT2D eigenvalue weighted by atomic mass is 35.5. The van der Waals surface area contributed by atoms with Crippen LogP contribution < -0.4 is 4.90 Å². The maximum absolute atomic E-state index is 6.79. The number of hydrogen-bond donors (Lipinski definition) is 0. The van der Waals surface area contributed by atoms with Crippen LogP contribution in [0.5, 0.6) is 0 Å². The third kappa shape index (κ3) is 3.94. The number of rotatable bonds is 3. The van der Waals surface area contributed by atoms with E-state index in [2.05, 4.69) is 54.8 Å². The minimum Gasteiger partial charge on any atom is -0.293 e. The smallest absolute Gasteiger partial charge is 0.133 e. The van der Waals surface area contributed by atoms with Gasteiger partial charge in [-0.1, -0.05) is 72.9 Å². The molecule has 2 aliphatic heterocycles. The Kier molecular flexibility index (Phi) is 6.37. The van der Waals surface area contributed by atoms with Crippen LogP contribution in [-0.2, 0) is 0 Å². The van der Waals surface area contributed by atoms with Crippen molar-refractivity contribution in [2.75, 3.05) is 18.0 Å². The molecule has 2 heterocycles. The number of aryl methyl sites for hydroxylation is 3. The summed E-state index contributed by atoms with van der Waals surface area (Å²) in [6.45, 7) is 8.75. The standard InChI is InChI=1S/C28H34ClN3S/c1-19-17-20(2)24(21(3)18-19)30-26-25(31-15-9-10-16-31)28(13-7-4-8-14-28)27(33)32(26)23-12-6-5-11-22(23)29/h5-6,11-12,17-18,25H,4,7-10,13-16H2,1-3H3. The summed E-state index contributed by atoms with van der Waals surface area (Å²) < 4.78 is 0. The summed E-state index contributed by atoms with van der Waals surface area (Å²) in [5.41, 5.74) is 5.72. The van der Waals surface area contributed by atoms with Crippen molar-refractivity contribution in [1.29, 1.82) is 0 Å². The highest BCUT2D eigenvalue weighted by molar-refractivity contribution is 7.80. The number of benzene rings is 2. The Hall–Kier alpha value is -1.75. The maximum atomic E-state index is 6.79. The van der Waals surface area contributed by atoms with E-state index in [0.29, 0.717) is 0 Å². The van der Waals surface area contributed by atoms with E-state index < -0.39 is 0 Å². The van der Waals surface area contributed by atoms with Gasteiger partial charge in [0.25, 0.3) is 0 Å². The molecule has 0 N–H and O–H groups in total. The third-order valence-corrected chi connectivity index (χ3v) is 8.74. The van der Waals surface area contributed by atoms with Crippen molar-refractivity contribution in [1.82, 2.24) is 4.90 Å². The van der Waals surface area contributed by atoms with Gasteiger partial charge in [0.2, 0.25) is 0 Å². The van der Waals surface area contributed by atoms with E-state index in [4.69, 9.17) is 28.8 Å². The monoisotopic (exact) mass is 479 g/mol. The van der Waals surface area contributed by atoms with Crippen molar-refractivity contribution in [2.24, 2.45) is 10.4 Å². The van der Waals surface area contributed by atoms with Crippen LogP contribution in [0.4, 0.5) is 11.4 Å². The lowest BCUT2D eigenvalue weighted by molar-refractivity contribution is 0.155. The second kappa shape index (κ2) is 9.13. The van der Waals surface area contributed by atoms with Crippen molar-refractivity contribution in [2.45, 2.75) is 71.8 Å². The van der Waals surface area contributed by atoms with Crippen LogP contribution in [0.25, 0.3) is 0 Å². The van der Waals surface area contributed by atoms with Gasteiger partial charge < -0.3 is 0 Å². The summed E-state index contributed by atoms with van der Waals surface area (Å²) >= 11 is 13.2. The van der Waals surface area contributed by atoms with E-state index >= 15 is 0 Å². The quantitative estimate of drug-likeness (QED) is 0.423. The zero-order valence-corrected chi connectivity index (χ0v) is 21.6. The van der Waals surface area contributed by atoms with E-state index in [0.717, 1.165) is 53.2 Å². The Morgan fingerprint density at radius 1 is 0.939 bits per heavy atom. The van der Waals surface area contributed by atoms with E-state index in [1.807, 2.05) is 12.1 Å². The van der Waals surface area contributed by atoms with Gasteiger partial charge in [0.05, 0.1) is 27.4 Å². The average Bonchev–Trinajstić information content (AvgIpc) is 3.38. The minimum atomic E-state index is -0.0393. The minimum absolute atomic E-state index is 0.0393. The molecule has 0 bridgehead atoms. The zero-order chi connectivity index (χ0) is 23.2. The number of anilines is 1. The number of nitrogens with zero attached hydrogens (tertiary/aromatic N) is 3. The summed E-state index contributed by atoms with van der Waals surface area (Å²) in [7, 11) is 0. The molecule has 3 fully saturated rings. The van der Waals surface area contributed by atoms with Gasteiger partial charge in [0, 0.05) is 5.41 Å². The molecule has 1 unspecified atom stereocenters. The molecule has 174 valence electrons. The fraction of sp³-hybridized carbons (Fsp3) is 0.500. The van der Waals surface area contributed by atoms with E-state index in [1.54, 1.807) is 0 Å². The zero-order valence-electron chi connectivity index (χ0n) is 20.0. The lowest BCUT2D eigenvalue weighted by Gasteiger charge is -2.41. The van der Waals surface area contributed by atoms with Crippen LogP contribution in [0.3, 0.4) is 0 Å². The van der Waals surface area contributed by atoms with E-state index in [-0.39, 0.29) is 11.5 Å². The molecule has 33 heavy (non-hydrogen) atoms. The summed E-state index contributed by atoms with van der Waals surface area (Å²) in [6.07, 6.45) is 8.54. The SMILES string of the molecule is Cc1cc(C)c(N=C2C(N3CCCC3)C3(CCCCC3)C(=S)N2c2ccccc2Cl)c(C)c1. The Morgan fingerprint density at radius 2 is 1.58 bits per heavy atom.